The van der Waals surface area contributed by atoms with Crippen molar-refractivity contribution in [2.75, 3.05) is 7.11 Å². The molecule has 0 saturated carbocycles. The maximum absolute atomic E-state index is 12.5. The lowest BCUT2D eigenvalue weighted by atomic mass is 9.93. The van der Waals surface area contributed by atoms with E-state index in [0.29, 0.717) is 0 Å². The number of carbonyl (C=O) groups excluding carboxylic acids is 1. The zero-order valence-corrected chi connectivity index (χ0v) is 13.5. The second-order valence-electron chi connectivity index (χ2n) is 5.77. The summed E-state index contributed by atoms with van der Waals surface area (Å²) in [6.45, 7) is 0. The average Bonchev–Trinajstić information content (AvgIpc) is 2.95. The van der Waals surface area contributed by atoms with E-state index in [1.54, 1.807) is 4.68 Å². The first kappa shape index (κ1) is 16.0. The lowest BCUT2D eigenvalue weighted by molar-refractivity contribution is -0.385. The van der Waals surface area contributed by atoms with Crippen LogP contribution in [0, 0.1) is 10.1 Å². The molecule has 24 heavy (non-hydrogen) atoms. The van der Waals surface area contributed by atoms with Crippen LogP contribution in [0.1, 0.15) is 40.5 Å². The third kappa shape index (κ3) is 2.94. The van der Waals surface area contributed by atoms with Gasteiger partial charge in [-0.15, -0.1) is 0 Å². The molecule has 0 bridgehead atoms. The zero-order chi connectivity index (χ0) is 17.3. The van der Waals surface area contributed by atoms with E-state index in [-0.39, 0.29) is 28.9 Å². The van der Waals surface area contributed by atoms with Crippen molar-refractivity contribution in [2.24, 2.45) is 7.05 Å². The van der Waals surface area contributed by atoms with Crippen LogP contribution in [0.15, 0.2) is 24.4 Å². The normalized spacial score (nSPS) is 16.3. The van der Waals surface area contributed by atoms with Crippen LogP contribution in [0.25, 0.3) is 0 Å². The molecule has 1 aliphatic rings. The highest BCUT2D eigenvalue weighted by atomic mass is 16.6. The first-order valence-electron chi connectivity index (χ1n) is 7.65. The number of nitro benzene ring substituents is 1. The van der Waals surface area contributed by atoms with Crippen LogP contribution in [-0.4, -0.2) is 27.7 Å². The van der Waals surface area contributed by atoms with Gasteiger partial charge in [0.25, 0.3) is 5.91 Å². The van der Waals surface area contributed by atoms with Crippen molar-refractivity contribution in [1.29, 1.82) is 0 Å². The Balaban J connectivity index is 1.83. The number of aryl methyl sites for hydroxylation is 2. The number of nitro groups is 1. The van der Waals surface area contributed by atoms with E-state index in [0.717, 1.165) is 30.5 Å². The maximum atomic E-state index is 12.5. The maximum Gasteiger partial charge on any atom is 0.311 e. The van der Waals surface area contributed by atoms with E-state index in [2.05, 4.69) is 10.4 Å². The number of carbonyl (C=O) groups is 1. The number of fused-ring (bicyclic) bond motifs is 1. The Kier molecular flexibility index (Phi) is 4.20. The minimum atomic E-state index is -0.560. The summed E-state index contributed by atoms with van der Waals surface area (Å²) in [6.07, 6.45) is 4.58. The number of nitrogens with zero attached hydrogens (tertiary/aromatic N) is 3. The Morgan fingerprint density at radius 2 is 2.29 bits per heavy atom. The summed E-state index contributed by atoms with van der Waals surface area (Å²) in [5.41, 5.74) is 2.02. The molecule has 1 amide bonds. The molecule has 1 aliphatic carbocycles. The summed E-state index contributed by atoms with van der Waals surface area (Å²) >= 11 is 0. The molecule has 8 heteroatoms. The molecule has 0 spiro atoms. The lowest BCUT2D eigenvalue weighted by Gasteiger charge is -2.22. The fourth-order valence-corrected chi connectivity index (χ4v) is 3.03. The van der Waals surface area contributed by atoms with Crippen LogP contribution < -0.4 is 10.1 Å². The number of methoxy groups -OCH3 is 1. The van der Waals surface area contributed by atoms with Crippen molar-refractivity contribution in [3.05, 3.63) is 51.3 Å². The number of ether oxygens (including phenoxy) is 1. The monoisotopic (exact) mass is 330 g/mol. The first-order valence-corrected chi connectivity index (χ1v) is 7.65. The Morgan fingerprint density at radius 1 is 1.50 bits per heavy atom. The van der Waals surface area contributed by atoms with Crippen LogP contribution in [0.3, 0.4) is 0 Å². The predicted molar refractivity (Wildman–Crippen MR) is 86.0 cm³/mol. The van der Waals surface area contributed by atoms with E-state index in [1.807, 2.05) is 13.2 Å². The highest BCUT2D eigenvalue weighted by Gasteiger charge is 2.26. The second-order valence-corrected chi connectivity index (χ2v) is 5.77. The van der Waals surface area contributed by atoms with Gasteiger partial charge in [0, 0.05) is 30.4 Å². The summed E-state index contributed by atoms with van der Waals surface area (Å²) < 4.78 is 6.70. The average molecular weight is 330 g/mol. The molecule has 8 nitrogen and oxygen atoms in total. The molecule has 1 aromatic heterocycles. The van der Waals surface area contributed by atoms with Crippen LogP contribution in [0.4, 0.5) is 5.69 Å². The van der Waals surface area contributed by atoms with Gasteiger partial charge in [0.15, 0.2) is 5.75 Å². The van der Waals surface area contributed by atoms with Gasteiger partial charge in [0.05, 0.1) is 23.8 Å². The van der Waals surface area contributed by atoms with Gasteiger partial charge in [-0.2, -0.15) is 5.10 Å². The number of hydrogen-bond acceptors (Lipinski definition) is 5. The molecular weight excluding hydrogens is 312 g/mol. The fourth-order valence-electron chi connectivity index (χ4n) is 3.03. The molecule has 0 fully saturated rings. The van der Waals surface area contributed by atoms with Crippen molar-refractivity contribution in [2.45, 2.75) is 25.3 Å². The Hall–Kier alpha value is -2.90. The molecule has 0 radical (unpaired) electrons. The minimum absolute atomic E-state index is 0.128. The standard InChI is InChI=1S/C16H18N4O4/c1-19-9-11-12(4-3-5-13(11)18-19)17-16(21)10-6-7-15(24-2)14(8-10)20(22)23/h6-9,12H,3-5H2,1-2H3,(H,17,21)/t12-/m1/s1. The van der Waals surface area contributed by atoms with Crippen molar-refractivity contribution in [1.82, 2.24) is 15.1 Å². The van der Waals surface area contributed by atoms with Gasteiger partial charge in [0.1, 0.15) is 0 Å². The molecule has 126 valence electrons. The third-order valence-corrected chi connectivity index (χ3v) is 4.16. The van der Waals surface area contributed by atoms with Gasteiger partial charge in [-0.05, 0) is 31.4 Å². The van der Waals surface area contributed by atoms with E-state index in [1.165, 1.54) is 25.3 Å². The van der Waals surface area contributed by atoms with Gasteiger partial charge >= 0.3 is 5.69 Å². The molecule has 3 rings (SSSR count). The van der Waals surface area contributed by atoms with Crippen LogP contribution in [-0.2, 0) is 13.5 Å². The topological polar surface area (TPSA) is 99.3 Å². The highest BCUT2D eigenvalue weighted by molar-refractivity contribution is 5.95. The van der Waals surface area contributed by atoms with Gasteiger partial charge in [-0.25, -0.2) is 0 Å². The summed E-state index contributed by atoms with van der Waals surface area (Å²) in [5.74, 6) is -0.216. The highest BCUT2D eigenvalue weighted by Crippen LogP contribution is 2.30. The van der Waals surface area contributed by atoms with E-state index < -0.39 is 4.92 Å². The predicted octanol–water partition coefficient (Wildman–Crippen LogP) is 2.14. The Bertz CT molecular complexity index is 799. The summed E-state index contributed by atoms with van der Waals surface area (Å²) in [5, 5.41) is 18.4. The zero-order valence-electron chi connectivity index (χ0n) is 13.5. The molecule has 0 unspecified atom stereocenters. The molecule has 1 aromatic carbocycles. The van der Waals surface area contributed by atoms with Crippen LogP contribution in [0.5, 0.6) is 5.75 Å². The first-order chi connectivity index (χ1) is 11.5. The summed E-state index contributed by atoms with van der Waals surface area (Å²) in [6, 6.07) is 4.06. The van der Waals surface area contributed by atoms with E-state index in [4.69, 9.17) is 4.74 Å². The Labute approximate surface area is 138 Å². The van der Waals surface area contributed by atoms with Crippen LogP contribution in [0.2, 0.25) is 0 Å². The fraction of sp³-hybridized carbons (Fsp3) is 0.375. The Morgan fingerprint density at radius 3 is 3.00 bits per heavy atom. The molecular formula is C16H18N4O4. The van der Waals surface area contributed by atoms with Gasteiger partial charge < -0.3 is 10.1 Å². The van der Waals surface area contributed by atoms with E-state index >= 15 is 0 Å². The number of benzene rings is 1. The summed E-state index contributed by atoms with van der Waals surface area (Å²) in [4.78, 5) is 23.0. The number of nitrogens with one attached hydrogen (secondary N) is 1. The number of rotatable bonds is 4. The molecule has 0 aliphatic heterocycles. The molecule has 1 atom stereocenters. The molecule has 0 saturated heterocycles. The van der Waals surface area contributed by atoms with Crippen molar-refractivity contribution >= 4 is 11.6 Å². The van der Waals surface area contributed by atoms with Crippen molar-refractivity contribution in [3.63, 3.8) is 0 Å². The number of aromatic nitrogens is 2. The smallest absolute Gasteiger partial charge is 0.311 e. The molecule has 1 N–H and O–H groups in total. The second kappa shape index (κ2) is 6.31. The van der Waals surface area contributed by atoms with Crippen molar-refractivity contribution < 1.29 is 14.5 Å². The largest absolute Gasteiger partial charge is 0.490 e. The third-order valence-electron chi connectivity index (χ3n) is 4.16. The van der Waals surface area contributed by atoms with Gasteiger partial charge in [0.2, 0.25) is 0 Å². The van der Waals surface area contributed by atoms with E-state index in [9.17, 15) is 14.9 Å². The van der Waals surface area contributed by atoms with Crippen LogP contribution >= 0.6 is 0 Å². The number of amides is 1. The SMILES string of the molecule is COc1ccc(C(=O)N[C@@H]2CCCc3nn(C)cc32)cc1[N+](=O)[O-]. The van der Waals surface area contributed by atoms with Gasteiger partial charge in [-0.1, -0.05) is 0 Å². The van der Waals surface area contributed by atoms with Crippen molar-refractivity contribution in [3.8, 4) is 5.75 Å². The number of hydrogen-bond donors (Lipinski definition) is 1. The van der Waals surface area contributed by atoms with Gasteiger partial charge in [-0.3, -0.25) is 19.6 Å². The summed E-state index contributed by atoms with van der Waals surface area (Å²) in [7, 11) is 3.21. The molecule has 1 heterocycles. The molecule has 2 aromatic rings. The quantitative estimate of drug-likeness (QED) is 0.684. The lowest BCUT2D eigenvalue weighted by Crippen LogP contribution is -2.30. The minimum Gasteiger partial charge on any atom is -0.490 e.